The van der Waals surface area contributed by atoms with E-state index in [1.807, 2.05) is 20.8 Å². The fraction of sp³-hybridized carbons (Fsp3) is 0.826. The molecule has 7 N–H and O–H groups in total. The van der Waals surface area contributed by atoms with Crippen LogP contribution in [0.1, 0.15) is 72.6 Å². The summed E-state index contributed by atoms with van der Waals surface area (Å²) >= 11 is 0. The maximum absolute atomic E-state index is 13.1. The average molecular weight is 470 g/mol. The van der Waals surface area contributed by atoms with Crippen molar-refractivity contribution in [1.29, 1.82) is 0 Å². The summed E-state index contributed by atoms with van der Waals surface area (Å²) in [7, 11) is 0. The summed E-state index contributed by atoms with van der Waals surface area (Å²) in [6.45, 7) is 8.36. The largest absolute Gasteiger partial charge is 0.480 e. The van der Waals surface area contributed by atoms with Crippen molar-refractivity contribution in [3.05, 3.63) is 0 Å². The molecule has 1 fully saturated rings. The van der Waals surface area contributed by atoms with Crippen molar-refractivity contribution < 1.29 is 24.3 Å². The molecule has 0 spiro atoms. The lowest BCUT2D eigenvalue weighted by Crippen LogP contribution is -2.57. The number of carbonyl (C=O) groups is 4. The van der Waals surface area contributed by atoms with Crippen molar-refractivity contribution in [2.24, 2.45) is 23.3 Å². The summed E-state index contributed by atoms with van der Waals surface area (Å²) in [6.07, 6.45) is 4.10. The molecule has 190 valence electrons. The smallest absolute Gasteiger partial charge is 0.326 e. The van der Waals surface area contributed by atoms with Crippen molar-refractivity contribution in [1.82, 2.24) is 15.5 Å². The van der Waals surface area contributed by atoms with Crippen molar-refractivity contribution in [3.63, 3.8) is 0 Å². The molecule has 33 heavy (non-hydrogen) atoms. The van der Waals surface area contributed by atoms with Gasteiger partial charge in [0.15, 0.2) is 0 Å². The van der Waals surface area contributed by atoms with Gasteiger partial charge in [-0.05, 0) is 50.5 Å². The van der Waals surface area contributed by atoms with Crippen molar-refractivity contribution in [2.45, 2.75) is 96.8 Å². The zero-order valence-corrected chi connectivity index (χ0v) is 20.5. The predicted molar refractivity (Wildman–Crippen MR) is 126 cm³/mol. The number of carboxylic acid groups (broad SMARTS) is 1. The monoisotopic (exact) mass is 469 g/mol. The molecule has 1 rings (SSSR count). The first-order valence-electron chi connectivity index (χ1n) is 12.2. The quantitative estimate of drug-likeness (QED) is 0.232. The van der Waals surface area contributed by atoms with Crippen LogP contribution in [0.4, 0.5) is 0 Å². The predicted octanol–water partition coefficient (Wildman–Crippen LogP) is 0.580. The minimum absolute atomic E-state index is 0.00916. The lowest BCUT2D eigenvalue weighted by molar-refractivity contribution is -0.144. The number of likely N-dealkylation sites (tertiary alicyclic amines) is 1. The molecule has 0 radical (unpaired) electrons. The standard InChI is InChI=1S/C23H43N5O5/c1-5-14(3)18(25)22(31)28-13-9-11-17(28)21(30)26-16(10-7-8-12-24)20(29)27-19(23(32)33)15(4)6-2/h14-19H,5-13,24-25H2,1-4H3,(H,26,30)(H,27,29)(H,32,33). The Labute approximate surface area is 197 Å². The molecule has 0 bridgehead atoms. The minimum Gasteiger partial charge on any atom is -0.480 e. The van der Waals surface area contributed by atoms with Gasteiger partial charge in [-0.15, -0.1) is 0 Å². The van der Waals surface area contributed by atoms with Crippen LogP contribution in [0.3, 0.4) is 0 Å². The van der Waals surface area contributed by atoms with Crippen LogP contribution < -0.4 is 22.1 Å². The molecule has 3 amide bonds. The molecule has 10 nitrogen and oxygen atoms in total. The Morgan fingerprint density at radius 1 is 1.06 bits per heavy atom. The number of nitrogens with zero attached hydrogens (tertiary/aromatic N) is 1. The molecule has 0 saturated carbocycles. The number of hydrogen-bond acceptors (Lipinski definition) is 6. The highest BCUT2D eigenvalue weighted by molar-refractivity contribution is 5.94. The average Bonchev–Trinajstić information content (AvgIpc) is 3.29. The number of nitrogens with two attached hydrogens (primary N) is 2. The fourth-order valence-corrected chi connectivity index (χ4v) is 3.96. The lowest BCUT2D eigenvalue weighted by atomic mass is 9.98. The van der Waals surface area contributed by atoms with Gasteiger partial charge < -0.3 is 32.1 Å². The van der Waals surface area contributed by atoms with Gasteiger partial charge in [-0.3, -0.25) is 14.4 Å². The van der Waals surface area contributed by atoms with E-state index in [9.17, 15) is 24.3 Å². The summed E-state index contributed by atoms with van der Waals surface area (Å²) in [6, 6.07) is -3.33. The molecule has 0 aromatic carbocycles. The van der Waals surface area contributed by atoms with E-state index in [1.54, 1.807) is 6.92 Å². The van der Waals surface area contributed by atoms with Crippen LogP contribution in [-0.2, 0) is 19.2 Å². The molecule has 6 atom stereocenters. The van der Waals surface area contributed by atoms with Crippen LogP contribution >= 0.6 is 0 Å². The van der Waals surface area contributed by atoms with E-state index in [1.165, 1.54) is 4.90 Å². The summed E-state index contributed by atoms with van der Waals surface area (Å²) in [4.78, 5) is 52.1. The third-order valence-corrected chi connectivity index (χ3v) is 6.74. The molecular formula is C23H43N5O5. The Morgan fingerprint density at radius 3 is 2.24 bits per heavy atom. The number of nitrogens with one attached hydrogen (secondary N) is 2. The summed E-state index contributed by atoms with van der Waals surface area (Å²) in [5.41, 5.74) is 11.7. The molecule has 10 heteroatoms. The number of carbonyl (C=O) groups excluding carboxylic acids is 3. The normalized spacial score (nSPS) is 20.4. The third kappa shape index (κ3) is 8.26. The van der Waals surface area contributed by atoms with Gasteiger partial charge in [0.25, 0.3) is 0 Å². The lowest BCUT2D eigenvalue weighted by Gasteiger charge is -2.30. The molecule has 0 aliphatic carbocycles. The number of carboxylic acids is 1. The first-order chi connectivity index (χ1) is 15.6. The van der Waals surface area contributed by atoms with Gasteiger partial charge in [-0.25, -0.2) is 4.79 Å². The number of aliphatic carboxylic acids is 1. The highest BCUT2D eigenvalue weighted by Gasteiger charge is 2.38. The second-order valence-corrected chi connectivity index (χ2v) is 9.16. The van der Waals surface area contributed by atoms with E-state index in [0.717, 1.165) is 6.42 Å². The first-order valence-corrected chi connectivity index (χ1v) is 12.2. The van der Waals surface area contributed by atoms with E-state index in [4.69, 9.17) is 11.5 Å². The van der Waals surface area contributed by atoms with Crippen LogP contribution in [0, 0.1) is 11.8 Å². The Balaban J connectivity index is 2.95. The summed E-state index contributed by atoms with van der Waals surface area (Å²) < 4.78 is 0. The van der Waals surface area contributed by atoms with Gasteiger partial charge in [-0.1, -0.05) is 40.5 Å². The number of unbranched alkanes of at least 4 members (excludes halogenated alkanes) is 1. The van der Waals surface area contributed by atoms with E-state index >= 15 is 0 Å². The van der Waals surface area contributed by atoms with E-state index < -0.39 is 42.0 Å². The third-order valence-electron chi connectivity index (χ3n) is 6.74. The molecule has 1 aliphatic rings. The maximum atomic E-state index is 13.1. The number of hydrogen-bond donors (Lipinski definition) is 5. The second-order valence-electron chi connectivity index (χ2n) is 9.16. The molecule has 1 aliphatic heterocycles. The van der Waals surface area contributed by atoms with Gasteiger partial charge in [0.2, 0.25) is 17.7 Å². The zero-order chi connectivity index (χ0) is 25.1. The molecular weight excluding hydrogens is 426 g/mol. The topological polar surface area (TPSA) is 168 Å². The Bertz CT molecular complexity index is 674. The highest BCUT2D eigenvalue weighted by Crippen LogP contribution is 2.21. The molecule has 1 saturated heterocycles. The van der Waals surface area contributed by atoms with Gasteiger partial charge in [0, 0.05) is 6.54 Å². The van der Waals surface area contributed by atoms with E-state index in [2.05, 4.69) is 10.6 Å². The fourth-order valence-electron chi connectivity index (χ4n) is 3.96. The molecule has 0 aromatic rings. The van der Waals surface area contributed by atoms with Crippen LogP contribution in [0.5, 0.6) is 0 Å². The summed E-state index contributed by atoms with van der Waals surface area (Å²) in [5.74, 6) is -2.60. The van der Waals surface area contributed by atoms with Gasteiger partial charge in [0.1, 0.15) is 18.1 Å². The minimum atomic E-state index is -1.11. The molecule has 0 aromatic heterocycles. The van der Waals surface area contributed by atoms with Crippen molar-refractivity contribution in [2.75, 3.05) is 13.1 Å². The number of amides is 3. The summed E-state index contributed by atoms with van der Waals surface area (Å²) in [5, 5.41) is 14.9. The van der Waals surface area contributed by atoms with Gasteiger partial charge >= 0.3 is 5.97 Å². The van der Waals surface area contributed by atoms with Crippen LogP contribution in [0.25, 0.3) is 0 Å². The highest BCUT2D eigenvalue weighted by atomic mass is 16.4. The molecule has 6 unspecified atom stereocenters. The van der Waals surface area contributed by atoms with Crippen molar-refractivity contribution in [3.8, 4) is 0 Å². The van der Waals surface area contributed by atoms with Crippen LogP contribution in [-0.4, -0.2) is 71.0 Å². The second kappa shape index (κ2) is 14.1. The van der Waals surface area contributed by atoms with E-state index in [0.29, 0.717) is 51.6 Å². The van der Waals surface area contributed by atoms with Crippen LogP contribution in [0.15, 0.2) is 0 Å². The Morgan fingerprint density at radius 2 is 1.70 bits per heavy atom. The Hall–Kier alpha value is -2.20. The zero-order valence-electron chi connectivity index (χ0n) is 20.5. The first kappa shape index (κ1) is 28.8. The molecule has 1 heterocycles. The maximum Gasteiger partial charge on any atom is 0.326 e. The Kier molecular flexibility index (Phi) is 12.4. The number of rotatable bonds is 14. The van der Waals surface area contributed by atoms with Crippen molar-refractivity contribution >= 4 is 23.7 Å². The van der Waals surface area contributed by atoms with Gasteiger partial charge in [0.05, 0.1) is 6.04 Å². The van der Waals surface area contributed by atoms with Crippen LogP contribution in [0.2, 0.25) is 0 Å². The SMILES string of the molecule is CCC(C)C(N)C(=O)N1CCCC1C(=O)NC(CCCCN)C(=O)NC(C(=O)O)C(C)CC. The van der Waals surface area contributed by atoms with E-state index in [-0.39, 0.29) is 17.7 Å². The van der Waals surface area contributed by atoms with Gasteiger partial charge in [-0.2, -0.15) is 0 Å².